The number of hydrogen-bond donors (Lipinski definition) is 1. The normalized spacial score (nSPS) is 21.7. The summed E-state index contributed by atoms with van der Waals surface area (Å²) in [7, 11) is 0. The van der Waals surface area contributed by atoms with Crippen LogP contribution in [0.4, 0.5) is 19.0 Å². The highest BCUT2D eigenvalue weighted by Gasteiger charge is 2.69. The maximum Gasteiger partial charge on any atom is 0.403 e. The van der Waals surface area contributed by atoms with Gasteiger partial charge < -0.3 is 19.9 Å². The van der Waals surface area contributed by atoms with E-state index in [4.69, 9.17) is 4.74 Å². The average molecular weight is 532 g/mol. The SMILES string of the molecule is O=C1NCCN(c2cnccn2)CCCC2(CCN(C(=O)C3(C(F)(F)F)CC3)CC2)COc2ccccc21. The maximum absolute atomic E-state index is 13.6. The molecular formula is C27H32F3N5O3. The Morgan fingerprint density at radius 1 is 1.00 bits per heavy atom. The lowest BCUT2D eigenvalue weighted by Crippen LogP contribution is -2.50. The van der Waals surface area contributed by atoms with E-state index in [-0.39, 0.29) is 37.3 Å². The van der Waals surface area contributed by atoms with Crippen LogP contribution in [0.15, 0.2) is 42.9 Å². The highest BCUT2D eigenvalue weighted by Crippen LogP contribution is 2.59. The smallest absolute Gasteiger partial charge is 0.403 e. The van der Waals surface area contributed by atoms with Gasteiger partial charge in [-0.3, -0.25) is 14.6 Å². The molecule has 0 bridgehead atoms. The van der Waals surface area contributed by atoms with E-state index in [0.717, 1.165) is 12.8 Å². The zero-order chi connectivity index (χ0) is 26.8. The molecule has 2 fully saturated rings. The standard InChI is InChI=1S/C27H32F3N5O3/c28-27(29,30)26(7-8-26)24(37)35-15-9-25(10-16-35)6-3-14-34(22-18-31-11-12-32-22)17-13-33-23(36)20-4-1-2-5-21(20)38-19-25/h1-2,4-5,11-12,18H,3,6-10,13-17,19H2,(H,33,36). The van der Waals surface area contributed by atoms with Crippen molar-refractivity contribution in [2.75, 3.05) is 44.2 Å². The number of piperidine rings is 1. The number of para-hydroxylation sites is 1. The fourth-order valence-corrected chi connectivity index (χ4v) is 5.55. The third-order valence-electron chi connectivity index (χ3n) is 8.15. The third-order valence-corrected chi connectivity index (χ3v) is 8.15. The van der Waals surface area contributed by atoms with Crippen LogP contribution in [0.3, 0.4) is 0 Å². The van der Waals surface area contributed by atoms with Crippen LogP contribution in [-0.2, 0) is 4.79 Å². The van der Waals surface area contributed by atoms with Gasteiger partial charge in [-0.15, -0.1) is 0 Å². The number of fused-ring (bicyclic) bond motifs is 1. The predicted molar refractivity (Wildman–Crippen MR) is 134 cm³/mol. The molecule has 1 aromatic carbocycles. The molecule has 11 heteroatoms. The van der Waals surface area contributed by atoms with Crippen molar-refractivity contribution in [1.29, 1.82) is 0 Å². The van der Waals surface area contributed by atoms with Crippen molar-refractivity contribution >= 4 is 17.6 Å². The molecular weight excluding hydrogens is 499 g/mol. The van der Waals surface area contributed by atoms with Crippen molar-refractivity contribution in [3.05, 3.63) is 48.4 Å². The maximum atomic E-state index is 13.6. The second-order valence-corrected chi connectivity index (χ2v) is 10.6. The molecule has 0 unspecified atom stereocenters. The van der Waals surface area contributed by atoms with E-state index in [0.29, 0.717) is 56.2 Å². The highest BCUT2D eigenvalue weighted by molar-refractivity contribution is 5.96. The van der Waals surface area contributed by atoms with E-state index in [9.17, 15) is 22.8 Å². The molecule has 1 saturated carbocycles. The van der Waals surface area contributed by atoms with Crippen LogP contribution in [0.25, 0.3) is 0 Å². The first kappa shape index (κ1) is 26.2. The van der Waals surface area contributed by atoms with E-state index >= 15 is 0 Å². The van der Waals surface area contributed by atoms with Crippen LogP contribution >= 0.6 is 0 Å². The Bertz CT molecular complexity index is 1150. The summed E-state index contributed by atoms with van der Waals surface area (Å²) >= 11 is 0. The van der Waals surface area contributed by atoms with E-state index in [1.54, 1.807) is 42.9 Å². The number of nitrogens with one attached hydrogen (secondary N) is 1. The molecule has 1 spiro atoms. The quantitative estimate of drug-likeness (QED) is 0.634. The Morgan fingerprint density at radius 3 is 2.45 bits per heavy atom. The van der Waals surface area contributed by atoms with Gasteiger partial charge in [-0.1, -0.05) is 12.1 Å². The molecule has 2 amide bonds. The van der Waals surface area contributed by atoms with Crippen molar-refractivity contribution in [3.63, 3.8) is 0 Å². The number of benzene rings is 1. The Balaban J connectivity index is 1.35. The molecule has 1 aromatic heterocycles. The van der Waals surface area contributed by atoms with Gasteiger partial charge in [0.05, 0.1) is 18.4 Å². The van der Waals surface area contributed by atoms with E-state index in [2.05, 4.69) is 20.2 Å². The minimum Gasteiger partial charge on any atom is -0.492 e. The predicted octanol–water partition coefficient (Wildman–Crippen LogP) is 3.84. The number of anilines is 1. The molecule has 38 heavy (non-hydrogen) atoms. The molecule has 3 aliphatic rings. The summed E-state index contributed by atoms with van der Waals surface area (Å²) < 4.78 is 46.9. The van der Waals surface area contributed by atoms with Crippen molar-refractivity contribution in [2.45, 2.75) is 44.7 Å². The molecule has 3 heterocycles. The second-order valence-electron chi connectivity index (χ2n) is 10.6. The Hall–Kier alpha value is -3.37. The topological polar surface area (TPSA) is 87.7 Å². The zero-order valence-electron chi connectivity index (χ0n) is 21.2. The summed E-state index contributed by atoms with van der Waals surface area (Å²) in [5.74, 6) is 0.156. The van der Waals surface area contributed by atoms with Gasteiger partial charge in [-0.2, -0.15) is 13.2 Å². The molecule has 1 aliphatic carbocycles. The summed E-state index contributed by atoms with van der Waals surface area (Å²) in [5.41, 5.74) is -2.10. The number of rotatable bonds is 2. The Morgan fingerprint density at radius 2 is 1.76 bits per heavy atom. The highest BCUT2D eigenvalue weighted by atomic mass is 19.4. The summed E-state index contributed by atoms with van der Waals surface area (Å²) in [6.45, 7) is 2.46. The van der Waals surface area contributed by atoms with Crippen molar-refractivity contribution in [3.8, 4) is 5.75 Å². The summed E-state index contributed by atoms with van der Waals surface area (Å²) in [6, 6.07) is 7.05. The van der Waals surface area contributed by atoms with Crippen LogP contribution < -0.4 is 15.0 Å². The van der Waals surface area contributed by atoms with Crippen LogP contribution in [-0.4, -0.2) is 72.2 Å². The fraction of sp³-hybridized carbons (Fsp3) is 0.556. The first-order valence-corrected chi connectivity index (χ1v) is 13.1. The number of amides is 2. The Kier molecular flexibility index (Phi) is 7.19. The number of carbonyl (C=O) groups is 2. The number of aromatic nitrogens is 2. The second kappa shape index (κ2) is 10.4. The van der Waals surface area contributed by atoms with Gasteiger partial charge >= 0.3 is 6.18 Å². The number of halogens is 3. The number of ether oxygens (including phenoxy) is 1. The average Bonchev–Trinajstić information content (AvgIpc) is 3.74. The number of hydrogen-bond acceptors (Lipinski definition) is 6. The largest absolute Gasteiger partial charge is 0.492 e. The molecule has 1 saturated heterocycles. The lowest BCUT2D eigenvalue weighted by molar-refractivity contribution is -0.199. The number of nitrogens with zero attached hydrogens (tertiary/aromatic N) is 4. The van der Waals surface area contributed by atoms with Crippen LogP contribution in [0.1, 0.15) is 48.9 Å². The van der Waals surface area contributed by atoms with E-state index in [1.807, 2.05) is 0 Å². The zero-order valence-corrected chi connectivity index (χ0v) is 21.2. The van der Waals surface area contributed by atoms with Gasteiger partial charge in [0.2, 0.25) is 5.91 Å². The van der Waals surface area contributed by atoms with E-state index in [1.165, 1.54) is 4.90 Å². The van der Waals surface area contributed by atoms with Crippen molar-refractivity contribution < 1.29 is 27.5 Å². The molecule has 2 aliphatic heterocycles. The summed E-state index contributed by atoms with van der Waals surface area (Å²) in [5, 5.41) is 2.95. The molecule has 8 nitrogen and oxygen atoms in total. The molecule has 2 aromatic rings. The number of alkyl halides is 3. The Labute approximate surface area is 219 Å². The van der Waals surface area contributed by atoms with Gasteiger partial charge in [-0.25, -0.2) is 4.98 Å². The molecule has 1 N–H and O–H groups in total. The number of carbonyl (C=O) groups excluding carboxylic acids is 2. The fourth-order valence-electron chi connectivity index (χ4n) is 5.55. The summed E-state index contributed by atoms with van der Waals surface area (Å²) in [4.78, 5) is 37.8. The van der Waals surface area contributed by atoms with Crippen LogP contribution in [0.5, 0.6) is 5.75 Å². The van der Waals surface area contributed by atoms with Crippen molar-refractivity contribution in [2.24, 2.45) is 10.8 Å². The molecule has 0 atom stereocenters. The minimum absolute atomic E-state index is 0.128. The van der Waals surface area contributed by atoms with Crippen LogP contribution in [0.2, 0.25) is 0 Å². The number of likely N-dealkylation sites (tertiary alicyclic amines) is 1. The van der Waals surface area contributed by atoms with Crippen molar-refractivity contribution in [1.82, 2.24) is 20.2 Å². The molecule has 0 radical (unpaired) electrons. The first-order chi connectivity index (χ1) is 18.2. The van der Waals surface area contributed by atoms with E-state index < -0.39 is 17.5 Å². The summed E-state index contributed by atoms with van der Waals surface area (Å²) in [6.07, 6.45) is 2.77. The van der Waals surface area contributed by atoms with Gasteiger partial charge in [0.25, 0.3) is 5.91 Å². The molecule has 204 valence electrons. The lowest BCUT2D eigenvalue weighted by Gasteiger charge is -2.43. The van der Waals surface area contributed by atoms with Crippen LogP contribution in [0, 0.1) is 10.8 Å². The minimum atomic E-state index is -4.51. The lowest BCUT2D eigenvalue weighted by atomic mass is 9.75. The van der Waals surface area contributed by atoms with Gasteiger partial charge in [0.1, 0.15) is 17.0 Å². The van der Waals surface area contributed by atoms with Gasteiger partial charge in [0, 0.05) is 50.5 Å². The third kappa shape index (κ3) is 5.28. The monoisotopic (exact) mass is 531 g/mol. The van der Waals surface area contributed by atoms with Gasteiger partial charge in [0.15, 0.2) is 0 Å². The molecule has 5 rings (SSSR count). The first-order valence-electron chi connectivity index (χ1n) is 13.1. The van der Waals surface area contributed by atoms with Gasteiger partial charge in [-0.05, 0) is 50.7 Å².